The molecule has 5 N–H and O–H groups in total. The van der Waals surface area contributed by atoms with Crippen molar-refractivity contribution in [1.82, 2.24) is 20.7 Å². The van der Waals surface area contributed by atoms with Crippen molar-refractivity contribution < 1.29 is 32.0 Å². The van der Waals surface area contributed by atoms with Crippen molar-refractivity contribution >= 4 is 37.8 Å². The number of hydrogen-bond acceptors (Lipinski definition) is 11. The predicted octanol–water partition coefficient (Wildman–Crippen LogP) is 4.93. The summed E-state index contributed by atoms with van der Waals surface area (Å²) in [6.45, 7) is 21.3. The molecule has 0 aliphatic rings. The first kappa shape index (κ1) is 45.8. The van der Waals surface area contributed by atoms with Crippen LogP contribution in [0.15, 0.2) is 0 Å². The maximum Gasteiger partial charge on any atom is 0.266 e. The summed E-state index contributed by atoms with van der Waals surface area (Å²) in [6, 6.07) is -0.599. The molecule has 276 valence electrons. The second-order valence-electron chi connectivity index (χ2n) is 13.1. The van der Waals surface area contributed by atoms with E-state index >= 15 is 0 Å². The van der Waals surface area contributed by atoms with Crippen molar-refractivity contribution in [2.75, 3.05) is 70.8 Å². The Labute approximate surface area is 289 Å². The average molecular weight is 717 g/mol. The molecule has 0 radical (unpaired) electrons. The number of hydrogen-bond donors (Lipinski definition) is 5. The molecule has 11 nitrogen and oxygen atoms in total. The highest BCUT2D eigenvalue weighted by Gasteiger charge is 2.24. The predicted molar refractivity (Wildman–Crippen MR) is 195 cm³/mol. The standard InChI is InChI=1S/C32H68N4O7S3/c1-26(2)13-18-42-22-23-43-21-17-35-45-44-24-29(6)14-19-41-20-16-33-30(7)12-11-28(5)10-8-9-15-34-32(37)31(36-27(3)4)25-46(38,39)40/h26-31,33,35-36H,8-25H2,1-7H3,(H,34,37)(H,38,39,40)/t28?,29?,30?,31-/m0/s1. The average Bonchev–Trinajstić information content (AvgIpc) is 2.96. The van der Waals surface area contributed by atoms with E-state index in [4.69, 9.17) is 18.8 Å². The van der Waals surface area contributed by atoms with E-state index in [9.17, 15) is 13.2 Å². The van der Waals surface area contributed by atoms with Gasteiger partial charge in [-0.2, -0.15) is 8.42 Å². The summed E-state index contributed by atoms with van der Waals surface area (Å²) in [4.78, 5) is 12.3. The third kappa shape index (κ3) is 32.4. The third-order valence-corrected chi connectivity index (χ3v) is 10.3. The molecule has 4 atom stereocenters. The molecule has 3 unspecified atom stereocenters. The van der Waals surface area contributed by atoms with Crippen molar-refractivity contribution in [3.63, 3.8) is 0 Å². The van der Waals surface area contributed by atoms with Gasteiger partial charge in [0.2, 0.25) is 5.91 Å². The summed E-state index contributed by atoms with van der Waals surface area (Å²) in [5, 5.41) is 9.25. The highest BCUT2D eigenvalue weighted by Crippen LogP contribution is 2.22. The molecule has 46 heavy (non-hydrogen) atoms. The zero-order valence-corrected chi connectivity index (χ0v) is 32.3. The lowest BCUT2D eigenvalue weighted by atomic mass is 9.96. The van der Waals surface area contributed by atoms with E-state index in [2.05, 4.69) is 55.3 Å². The lowest BCUT2D eigenvalue weighted by Crippen LogP contribution is -2.50. The van der Waals surface area contributed by atoms with Crippen molar-refractivity contribution in [2.45, 2.75) is 112 Å². The van der Waals surface area contributed by atoms with Gasteiger partial charge in [-0.3, -0.25) is 14.1 Å². The Kier molecular flexibility index (Phi) is 29.6. The van der Waals surface area contributed by atoms with Crippen molar-refractivity contribution in [2.24, 2.45) is 17.8 Å². The smallest absolute Gasteiger partial charge is 0.266 e. The van der Waals surface area contributed by atoms with Gasteiger partial charge >= 0.3 is 0 Å². The van der Waals surface area contributed by atoms with E-state index in [1.54, 1.807) is 11.0 Å². The van der Waals surface area contributed by atoms with Gasteiger partial charge in [-0.1, -0.05) is 65.2 Å². The first-order valence-electron chi connectivity index (χ1n) is 17.3. The van der Waals surface area contributed by atoms with Crippen LogP contribution in [-0.4, -0.2) is 108 Å². The molecule has 0 spiro atoms. The molecular weight excluding hydrogens is 649 g/mol. The van der Waals surface area contributed by atoms with Crippen LogP contribution >= 0.6 is 21.8 Å². The summed E-state index contributed by atoms with van der Waals surface area (Å²) in [6.07, 6.45) is 7.31. The Balaban J connectivity index is 3.65. The normalized spacial score (nSPS) is 14.9. The van der Waals surface area contributed by atoms with Gasteiger partial charge in [0.1, 0.15) is 6.04 Å². The van der Waals surface area contributed by atoms with E-state index in [0.717, 1.165) is 83.6 Å². The molecule has 0 rings (SSSR count). The fourth-order valence-electron chi connectivity index (χ4n) is 4.38. The molecule has 0 aliphatic carbocycles. The van der Waals surface area contributed by atoms with Gasteiger partial charge in [-0.05, 0) is 67.8 Å². The van der Waals surface area contributed by atoms with E-state index in [-0.39, 0.29) is 6.04 Å². The van der Waals surface area contributed by atoms with Crippen LogP contribution in [0.2, 0.25) is 0 Å². The van der Waals surface area contributed by atoms with Crippen molar-refractivity contribution in [3.8, 4) is 0 Å². The van der Waals surface area contributed by atoms with Gasteiger partial charge in [0.15, 0.2) is 0 Å². The van der Waals surface area contributed by atoms with E-state index in [1.807, 2.05) is 24.6 Å². The maximum atomic E-state index is 12.3. The summed E-state index contributed by atoms with van der Waals surface area (Å²) < 4.78 is 51.9. The molecule has 0 aromatic rings. The van der Waals surface area contributed by atoms with Crippen LogP contribution in [0.5, 0.6) is 0 Å². The zero-order valence-electron chi connectivity index (χ0n) is 29.8. The minimum absolute atomic E-state index is 0.0777. The molecule has 0 aliphatic heterocycles. The number of amides is 1. The molecule has 14 heteroatoms. The maximum absolute atomic E-state index is 12.3. The number of unbranched alkanes of at least 4 members (excludes halogenated alkanes) is 1. The van der Waals surface area contributed by atoms with Gasteiger partial charge in [0.25, 0.3) is 10.1 Å². The minimum Gasteiger partial charge on any atom is -0.380 e. The Morgan fingerprint density at radius 3 is 2.07 bits per heavy atom. The number of rotatable bonds is 33. The minimum atomic E-state index is -4.24. The van der Waals surface area contributed by atoms with Crippen LogP contribution in [0.4, 0.5) is 0 Å². The molecule has 0 fully saturated rings. The molecule has 1 amide bonds. The molecule has 0 bridgehead atoms. The van der Waals surface area contributed by atoms with Crippen molar-refractivity contribution in [3.05, 3.63) is 0 Å². The number of carbonyl (C=O) groups is 1. The first-order chi connectivity index (χ1) is 21.8. The van der Waals surface area contributed by atoms with Crippen LogP contribution in [0.25, 0.3) is 0 Å². The summed E-state index contributed by atoms with van der Waals surface area (Å²) in [7, 11) is -0.709. The Morgan fingerprint density at radius 1 is 0.739 bits per heavy atom. The molecule has 0 heterocycles. The monoisotopic (exact) mass is 716 g/mol. The van der Waals surface area contributed by atoms with Gasteiger partial charge in [0.05, 0.1) is 32.2 Å². The van der Waals surface area contributed by atoms with Crippen LogP contribution in [0.3, 0.4) is 0 Å². The Morgan fingerprint density at radius 2 is 1.39 bits per heavy atom. The molecule has 0 aromatic carbocycles. The second-order valence-corrected chi connectivity index (χ2v) is 16.9. The third-order valence-electron chi connectivity index (χ3n) is 7.27. The largest absolute Gasteiger partial charge is 0.380 e. The summed E-state index contributed by atoms with van der Waals surface area (Å²) in [5.41, 5.74) is 0. The topological polar surface area (TPSA) is 147 Å². The number of carbonyl (C=O) groups excluding carboxylic acids is 1. The van der Waals surface area contributed by atoms with E-state index < -0.39 is 27.8 Å². The molecule has 0 saturated carbocycles. The first-order valence-corrected chi connectivity index (χ1v) is 21.2. The quantitative estimate of drug-likeness (QED) is 0.0272. The fraction of sp³-hybridized carbons (Fsp3) is 0.969. The Bertz CT molecular complexity index is 826. The van der Waals surface area contributed by atoms with Crippen LogP contribution in [0.1, 0.15) is 93.4 Å². The number of nitrogens with one attached hydrogen (secondary N) is 4. The van der Waals surface area contributed by atoms with Crippen molar-refractivity contribution in [1.29, 1.82) is 0 Å². The molecule has 0 aromatic heterocycles. The zero-order chi connectivity index (χ0) is 34.6. The van der Waals surface area contributed by atoms with Crippen LogP contribution in [0, 0.1) is 17.8 Å². The van der Waals surface area contributed by atoms with E-state index in [1.165, 1.54) is 0 Å². The Hall–Kier alpha value is -0.160. The van der Waals surface area contributed by atoms with E-state index in [0.29, 0.717) is 50.2 Å². The summed E-state index contributed by atoms with van der Waals surface area (Å²) >= 11 is 0. The fourth-order valence-corrected chi connectivity index (χ4v) is 7.17. The van der Waals surface area contributed by atoms with Crippen LogP contribution < -0.4 is 20.7 Å². The summed E-state index contributed by atoms with van der Waals surface area (Å²) in [5.74, 6) is 1.94. The van der Waals surface area contributed by atoms with Crippen LogP contribution in [-0.2, 0) is 29.1 Å². The SMILES string of the molecule is CC(C)CCOCCOCCNSSCC(C)CCOCCNC(C)CCC(C)CCCCNC(=O)[C@H](CS(=O)(=O)O)NC(C)C. The van der Waals surface area contributed by atoms with Gasteiger partial charge in [-0.25, -0.2) is 0 Å². The van der Waals surface area contributed by atoms with Gasteiger partial charge in [-0.15, -0.1) is 0 Å². The highest BCUT2D eigenvalue weighted by atomic mass is 33.1. The lowest BCUT2D eigenvalue weighted by Gasteiger charge is -2.20. The highest BCUT2D eigenvalue weighted by molar-refractivity contribution is 8.76. The lowest BCUT2D eigenvalue weighted by molar-refractivity contribution is -0.122. The molecule has 0 saturated heterocycles. The van der Waals surface area contributed by atoms with Gasteiger partial charge in [0, 0.05) is 50.7 Å². The number of ether oxygens (including phenoxy) is 3. The van der Waals surface area contributed by atoms with Gasteiger partial charge < -0.3 is 30.2 Å². The molecular formula is C32H68N4O7S3. The second kappa shape index (κ2) is 29.7.